The molecule has 94 valence electrons. The van der Waals surface area contributed by atoms with Crippen LogP contribution < -0.4 is 4.90 Å². The Morgan fingerprint density at radius 3 is 2.45 bits per heavy atom. The van der Waals surface area contributed by atoms with Crippen LogP contribution in [0.25, 0.3) is 0 Å². The summed E-state index contributed by atoms with van der Waals surface area (Å²) in [5, 5.41) is 26.3. The van der Waals surface area contributed by atoms with Crippen LogP contribution in [0.4, 0.5) is 5.69 Å². The Labute approximate surface area is 116 Å². The highest BCUT2D eigenvalue weighted by Gasteiger charge is 2.25. The molecule has 0 amide bonds. The fourth-order valence-electron chi connectivity index (χ4n) is 2.39. The van der Waals surface area contributed by atoms with Gasteiger partial charge in [-0.25, -0.2) is 0 Å². The molecule has 0 saturated heterocycles. The second-order valence-electron chi connectivity index (χ2n) is 4.55. The van der Waals surface area contributed by atoms with Gasteiger partial charge in [0.25, 0.3) is 0 Å². The molecule has 2 aromatic rings. The predicted octanol–water partition coefficient (Wildman–Crippen LogP) is 2.78. The fraction of sp³-hybridized carbons (Fsp3) is 0.0625. The third-order valence-electron chi connectivity index (χ3n) is 3.43. The van der Waals surface area contributed by atoms with E-state index in [4.69, 9.17) is 15.9 Å². The van der Waals surface area contributed by atoms with Crippen LogP contribution in [-0.4, -0.2) is 5.84 Å². The summed E-state index contributed by atoms with van der Waals surface area (Å²) in [5.41, 5.74) is 3.48. The van der Waals surface area contributed by atoms with Crippen molar-refractivity contribution < 1.29 is 0 Å². The van der Waals surface area contributed by atoms with Gasteiger partial charge in [-0.3, -0.25) is 5.41 Å². The first-order chi connectivity index (χ1) is 9.74. The number of anilines is 1. The van der Waals surface area contributed by atoms with Gasteiger partial charge >= 0.3 is 0 Å². The Bertz CT molecular complexity index is 793. The zero-order valence-corrected chi connectivity index (χ0v) is 10.6. The van der Waals surface area contributed by atoms with E-state index in [2.05, 4.69) is 0 Å². The lowest BCUT2D eigenvalue weighted by atomic mass is 10.1. The van der Waals surface area contributed by atoms with Gasteiger partial charge in [-0.05, 0) is 23.8 Å². The van der Waals surface area contributed by atoms with E-state index in [9.17, 15) is 0 Å². The van der Waals surface area contributed by atoms with Crippen molar-refractivity contribution in [2.24, 2.45) is 0 Å². The predicted molar refractivity (Wildman–Crippen MR) is 75.3 cm³/mol. The summed E-state index contributed by atoms with van der Waals surface area (Å²) in [6.45, 7) is 0.617. The molecule has 0 fully saturated rings. The van der Waals surface area contributed by atoms with Crippen LogP contribution in [0.1, 0.15) is 22.3 Å². The molecule has 4 nitrogen and oxygen atoms in total. The first-order valence-electron chi connectivity index (χ1n) is 6.13. The number of hydrogen-bond donors (Lipinski definition) is 1. The second-order valence-corrected chi connectivity index (χ2v) is 4.55. The number of nitrogens with one attached hydrogen (secondary N) is 1. The highest BCUT2D eigenvalue weighted by molar-refractivity contribution is 6.11. The van der Waals surface area contributed by atoms with Crippen molar-refractivity contribution in [2.45, 2.75) is 6.54 Å². The first-order valence-corrected chi connectivity index (χ1v) is 6.13. The zero-order chi connectivity index (χ0) is 14.1. The molecule has 4 heteroatoms. The standard InChI is InChI=1S/C16H10N4/c17-8-11-5-6-14(7-13(11)9-18)20-10-12-3-1-2-4-15(12)16(20)19/h1-7,19H,10H2. The van der Waals surface area contributed by atoms with Crippen LogP contribution in [0.2, 0.25) is 0 Å². The van der Waals surface area contributed by atoms with E-state index in [1.807, 2.05) is 41.3 Å². The molecule has 0 unspecified atom stereocenters. The summed E-state index contributed by atoms with van der Waals surface area (Å²) >= 11 is 0. The van der Waals surface area contributed by atoms with Gasteiger partial charge in [0.05, 0.1) is 17.7 Å². The Balaban J connectivity index is 2.03. The summed E-state index contributed by atoms with van der Waals surface area (Å²) in [7, 11) is 0. The Kier molecular flexibility index (Phi) is 2.71. The fourth-order valence-corrected chi connectivity index (χ4v) is 2.39. The van der Waals surface area contributed by atoms with Crippen LogP contribution in [0, 0.1) is 28.1 Å². The molecule has 0 aliphatic carbocycles. The number of rotatable bonds is 1. The average Bonchev–Trinajstić information content (AvgIpc) is 2.84. The van der Waals surface area contributed by atoms with Crippen LogP contribution in [0.3, 0.4) is 0 Å². The molecule has 1 N–H and O–H groups in total. The molecule has 2 aromatic carbocycles. The van der Waals surface area contributed by atoms with Crippen LogP contribution in [-0.2, 0) is 6.54 Å². The minimum absolute atomic E-state index is 0.341. The van der Waals surface area contributed by atoms with Crippen molar-refractivity contribution in [1.29, 1.82) is 15.9 Å². The van der Waals surface area contributed by atoms with Gasteiger partial charge in [0.1, 0.15) is 18.0 Å². The Morgan fingerprint density at radius 1 is 1.00 bits per heavy atom. The van der Waals surface area contributed by atoms with Crippen LogP contribution in [0.5, 0.6) is 0 Å². The van der Waals surface area contributed by atoms with Gasteiger partial charge in [-0.15, -0.1) is 0 Å². The van der Waals surface area contributed by atoms with Gasteiger partial charge in [-0.2, -0.15) is 10.5 Å². The van der Waals surface area contributed by atoms with Crippen molar-refractivity contribution in [1.82, 2.24) is 0 Å². The number of benzene rings is 2. The molecule has 0 bridgehead atoms. The molecule has 1 heterocycles. The molecule has 0 spiro atoms. The quantitative estimate of drug-likeness (QED) is 0.854. The molecule has 20 heavy (non-hydrogen) atoms. The normalized spacial score (nSPS) is 12.7. The summed E-state index contributed by atoms with van der Waals surface area (Å²) in [5.74, 6) is 0.425. The highest BCUT2D eigenvalue weighted by atomic mass is 15.2. The number of hydrogen-bond acceptors (Lipinski definition) is 3. The largest absolute Gasteiger partial charge is 0.322 e. The Hall–Kier alpha value is -3.11. The summed E-state index contributed by atoms with van der Waals surface area (Å²) in [6.07, 6.45) is 0. The maximum atomic E-state index is 9.08. The third-order valence-corrected chi connectivity index (χ3v) is 3.43. The third kappa shape index (κ3) is 1.72. The monoisotopic (exact) mass is 258 g/mol. The molecule has 0 aromatic heterocycles. The van der Waals surface area contributed by atoms with E-state index in [1.54, 1.807) is 18.2 Å². The average molecular weight is 258 g/mol. The van der Waals surface area contributed by atoms with E-state index < -0.39 is 0 Å². The smallest absolute Gasteiger partial charge is 0.133 e. The minimum atomic E-state index is 0.341. The van der Waals surface area contributed by atoms with Crippen LogP contribution in [0.15, 0.2) is 42.5 Å². The van der Waals surface area contributed by atoms with Crippen LogP contribution >= 0.6 is 0 Å². The lowest BCUT2D eigenvalue weighted by Crippen LogP contribution is -2.23. The van der Waals surface area contributed by atoms with Gasteiger partial charge < -0.3 is 4.90 Å². The highest BCUT2D eigenvalue weighted by Crippen LogP contribution is 2.29. The molecular weight excluding hydrogens is 248 g/mol. The van der Waals surface area contributed by atoms with Crippen molar-refractivity contribution in [3.63, 3.8) is 0 Å². The van der Waals surface area contributed by atoms with Gasteiger partial charge in [0.2, 0.25) is 0 Å². The summed E-state index contributed by atoms with van der Waals surface area (Å²) in [4.78, 5) is 1.84. The van der Waals surface area contributed by atoms with E-state index in [0.717, 1.165) is 16.8 Å². The van der Waals surface area contributed by atoms with E-state index in [1.165, 1.54) is 0 Å². The molecule has 0 saturated carbocycles. The molecule has 0 radical (unpaired) electrons. The number of nitrogens with zero attached hydrogens (tertiary/aromatic N) is 3. The minimum Gasteiger partial charge on any atom is -0.322 e. The van der Waals surface area contributed by atoms with Crippen molar-refractivity contribution in [2.75, 3.05) is 4.90 Å². The maximum Gasteiger partial charge on any atom is 0.133 e. The Morgan fingerprint density at radius 2 is 1.75 bits per heavy atom. The second kappa shape index (κ2) is 4.53. The van der Waals surface area contributed by atoms with Crippen molar-refractivity contribution in [3.8, 4) is 12.1 Å². The van der Waals surface area contributed by atoms with Crippen molar-refractivity contribution >= 4 is 11.5 Å². The number of nitriles is 2. The van der Waals surface area contributed by atoms with E-state index in [-0.39, 0.29) is 0 Å². The molecule has 3 rings (SSSR count). The van der Waals surface area contributed by atoms with Crippen molar-refractivity contribution in [3.05, 3.63) is 64.7 Å². The topological polar surface area (TPSA) is 74.7 Å². The number of fused-ring (bicyclic) bond motifs is 1. The maximum absolute atomic E-state index is 9.08. The lowest BCUT2D eigenvalue weighted by molar-refractivity contribution is 1.05. The molecule has 0 atom stereocenters. The van der Waals surface area contributed by atoms with Gasteiger partial charge in [0, 0.05) is 11.3 Å². The summed E-state index contributed by atoms with van der Waals surface area (Å²) in [6, 6.07) is 16.9. The van der Waals surface area contributed by atoms with E-state index in [0.29, 0.717) is 23.5 Å². The zero-order valence-electron chi connectivity index (χ0n) is 10.6. The summed E-state index contributed by atoms with van der Waals surface area (Å²) < 4.78 is 0. The van der Waals surface area contributed by atoms with Gasteiger partial charge in [0.15, 0.2) is 0 Å². The first kappa shape index (κ1) is 12.0. The molecular formula is C16H10N4. The molecule has 1 aliphatic rings. The van der Waals surface area contributed by atoms with Gasteiger partial charge in [-0.1, -0.05) is 24.3 Å². The SMILES string of the molecule is N#Cc1ccc(N2Cc3ccccc3C2=N)cc1C#N. The number of amidine groups is 1. The lowest BCUT2D eigenvalue weighted by Gasteiger charge is -2.18. The molecule has 1 aliphatic heterocycles. The van der Waals surface area contributed by atoms with E-state index >= 15 is 0 Å².